The lowest BCUT2D eigenvalue weighted by atomic mass is 9.87. The van der Waals surface area contributed by atoms with E-state index < -0.39 is 0 Å². The largest absolute Gasteiger partial charge is 0.325 e. The zero-order valence-electron chi connectivity index (χ0n) is 13.8. The Morgan fingerprint density at radius 2 is 1.95 bits per heavy atom. The molecule has 1 aliphatic heterocycles. The number of anilines is 1. The number of nitrogens with zero attached hydrogens (tertiary/aromatic N) is 1. The summed E-state index contributed by atoms with van der Waals surface area (Å²) in [6.45, 7) is 11.4. The average Bonchev–Trinajstić information content (AvgIpc) is 2.38. The van der Waals surface area contributed by atoms with Gasteiger partial charge in [-0.1, -0.05) is 39.8 Å². The molecule has 3 nitrogen and oxygen atoms in total. The third kappa shape index (κ3) is 4.85. The molecular weight excluding hydrogens is 260 g/mol. The van der Waals surface area contributed by atoms with Gasteiger partial charge in [0.25, 0.3) is 0 Å². The van der Waals surface area contributed by atoms with Gasteiger partial charge in [0.2, 0.25) is 5.91 Å². The van der Waals surface area contributed by atoms with E-state index in [-0.39, 0.29) is 11.3 Å². The molecular formula is C18H28N2O. The van der Waals surface area contributed by atoms with E-state index in [9.17, 15) is 4.79 Å². The Labute approximate surface area is 128 Å². The number of amides is 1. The molecule has 1 fully saturated rings. The van der Waals surface area contributed by atoms with Crippen molar-refractivity contribution in [1.82, 2.24) is 4.90 Å². The molecule has 1 atom stereocenters. The van der Waals surface area contributed by atoms with Crippen LogP contribution in [0.25, 0.3) is 0 Å². The highest BCUT2D eigenvalue weighted by Crippen LogP contribution is 2.23. The van der Waals surface area contributed by atoms with E-state index in [1.54, 1.807) is 0 Å². The average molecular weight is 288 g/mol. The molecule has 116 valence electrons. The molecule has 1 amide bonds. The fourth-order valence-corrected chi connectivity index (χ4v) is 2.89. The monoisotopic (exact) mass is 288 g/mol. The van der Waals surface area contributed by atoms with E-state index in [1.807, 2.05) is 12.1 Å². The number of likely N-dealkylation sites (tertiary alicyclic amines) is 1. The number of rotatable bonds is 3. The van der Waals surface area contributed by atoms with Crippen LogP contribution in [0.4, 0.5) is 5.69 Å². The summed E-state index contributed by atoms with van der Waals surface area (Å²) < 4.78 is 0. The van der Waals surface area contributed by atoms with Crippen molar-refractivity contribution in [3.63, 3.8) is 0 Å². The van der Waals surface area contributed by atoms with Gasteiger partial charge in [-0.05, 0) is 48.4 Å². The van der Waals surface area contributed by atoms with E-state index in [4.69, 9.17) is 0 Å². The lowest BCUT2D eigenvalue weighted by Crippen LogP contribution is -2.39. The Bertz CT molecular complexity index is 473. The van der Waals surface area contributed by atoms with Crippen LogP contribution in [0.15, 0.2) is 24.3 Å². The van der Waals surface area contributed by atoms with Crippen molar-refractivity contribution in [3.8, 4) is 0 Å². The van der Waals surface area contributed by atoms with Gasteiger partial charge >= 0.3 is 0 Å². The standard InChI is InChI=1S/C18H28N2O/c1-14-6-5-11-20(12-14)13-17(21)19-16-9-7-15(8-10-16)18(2,3)4/h7-10,14H,5-6,11-13H2,1-4H3,(H,19,21)/t14-/m1/s1. The smallest absolute Gasteiger partial charge is 0.238 e. The molecule has 0 aliphatic carbocycles. The maximum absolute atomic E-state index is 12.1. The summed E-state index contributed by atoms with van der Waals surface area (Å²) in [5.41, 5.74) is 2.32. The molecule has 0 unspecified atom stereocenters. The molecule has 1 N–H and O–H groups in total. The normalized spacial score (nSPS) is 20.3. The first-order valence-electron chi connectivity index (χ1n) is 7.97. The maximum atomic E-state index is 12.1. The first-order chi connectivity index (χ1) is 9.84. The van der Waals surface area contributed by atoms with Gasteiger partial charge in [0, 0.05) is 12.2 Å². The van der Waals surface area contributed by atoms with Gasteiger partial charge in [-0.2, -0.15) is 0 Å². The third-order valence-electron chi connectivity index (χ3n) is 4.14. The second kappa shape index (κ2) is 6.61. The zero-order valence-corrected chi connectivity index (χ0v) is 13.8. The first kappa shape index (κ1) is 16.0. The molecule has 2 rings (SSSR count). The predicted molar refractivity (Wildman–Crippen MR) is 88.6 cm³/mol. The van der Waals surface area contributed by atoms with Gasteiger partial charge in [-0.15, -0.1) is 0 Å². The molecule has 1 aromatic carbocycles. The quantitative estimate of drug-likeness (QED) is 0.920. The van der Waals surface area contributed by atoms with Crippen molar-refractivity contribution >= 4 is 11.6 Å². The number of piperidine rings is 1. The van der Waals surface area contributed by atoms with Gasteiger partial charge in [0.05, 0.1) is 6.54 Å². The Morgan fingerprint density at radius 3 is 2.52 bits per heavy atom. The summed E-state index contributed by atoms with van der Waals surface area (Å²) in [5.74, 6) is 0.797. The third-order valence-corrected chi connectivity index (χ3v) is 4.14. The van der Waals surface area contributed by atoms with Gasteiger partial charge in [-0.3, -0.25) is 9.69 Å². The Balaban J connectivity index is 1.87. The van der Waals surface area contributed by atoms with Crippen LogP contribution in [0.2, 0.25) is 0 Å². The summed E-state index contributed by atoms with van der Waals surface area (Å²) in [7, 11) is 0. The molecule has 21 heavy (non-hydrogen) atoms. The number of benzene rings is 1. The van der Waals surface area contributed by atoms with E-state index >= 15 is 0 Å². The summed E-state index contributed by atoms with van der Waals surface area (Å²) in [4.78, 5) is 14.4. The van der Waals surface area contributed by atoms with Gasteiger partial charge in [0.15, 0.2) is 0 Å². The van der Waals surface area contributed by atoms with Gasteiger partial charge in [0.1, 0.15) is 0 Å². The van der Waals surface area contributed by atoms with Crippen LogP contribution in [0, 0.1) is 5.92 Å². The molecule has 3 heteroatoms. The molecule has 0 radical (unpaired) electrons. The molecule has 1 aromatic rings. The van der Waals surface area contributed by atoms with Crippen LogP contribution in [-0.2, 0) is 10.2 Å². The Hall–Kier alpha value is -1.35. The minimum Gasteiger partial charge on any atom is -0.325 e. The Kier molecular flexibility index (Phi) is 5.04. The molecule has 1 saturated heterocycles. The van der Waals surface area contributed by atoms with Crippen LogP contribution in [-0.4, -0.2) is 30.4 Å². The highest BCUT2D eigenvalue weighted by Gasteiger charge is 2.18. The predicted octanol–water partition coefficient (Wildman–Crippen LogP) is 3.65. The van der Waals surface area contributed by atoms with Crippen LogP contribution >= 0.6 is 0 Å². The highest BCUT2D eigenvalue weighted by atomic mass is 16.2. The number of nitrogens with one attached hydrogen (secondary N) is 1. The van der Waals surface area contributed by atoms with Crippen molar-refractivity contribution in [3.05, 3.63) is 29.8 Å². The number of hydrogen-bond acceptors (Lipinski definition) is 2. The molecule has 1 heterocycles. The van der Waals surface area contributed by atoms with Crippen LogP contribution < -0.4 is 5.32 Å². The number of hydrogen-bond donors (Lipinski definition) is 1. The first-order valence-corrected chi connectivity index (χ1v) is 7.97. The van der Waals surface area contributed by atoms with Crippen molar-refractivity contribution in [2.75, 3.05) is 25.0 Å². The fraction of sp³-hybridized carbons (Fsp3) is 0.611. The van der Waals surface area contributed by atoms with Crippen molar-refractivity contribution in [2.45, 2.75) is 46.0 Å². The second-order valence-corrected chi connectivity index (χ2v) is 7.36. The molecule has 0 aromatic heterocycles. The minimum absolute atomic E-state index is 0.0904. The lowest BCUT2D eigenvalue weighted by molar-refractivity contribution is -0.117. The molecule has 0 bridgehead atoms. The van der Waals surface area contributed by atoms with Crippen molar-refractivity contribution in [1.29, 1.82) is 0 Å². The summed E-state index contributed by atoms with van der Waals surface area (Å²) in [6, 6.07) is 8.19. The minimum atomic E-state index is 0.0904. The van der Waals surface area contributed by atoms with E-state index in [0.717, 1.165) is 18.8 Å². The molecule has 1 aliphatic rings. The second-order valence-electron chi connectivity index (χ2n) is 7.36. The molecule has 0 spiro atoms. The van der Waals surface area contributed by atoms with Crippen molar-refractivity contribution in [2.24, 2.45) is 5.92 Å². The Morgan fingerprint density at radius 1 is 1.29 bits per heavy atom. The molecule has 0 saturated carbocycles. The van der Waals surface area contributed by atoms with Gasteiger partial charge < -0.3 is 5.32 Å². The summed E-state index contributed by atoms with van der Waals surface area (Å²) in [5, 5.41) is 3.00. The SMILES string of the molecule is C[C@@H]1CCCN(CC(=O)Nc2ccc(C(C)(C)C)cc2)C1. The summed E-state index contributed by atoms with van der Waals surface area (Å²) in [6.07, 6.45) is 2.49. The lowest BCUT2D eigenvalue weighted by Gasteiger charge is -2.30. The van der Waals surface area contributed by atoms with Gasteiger partial charge in [-0.25, -0.2) is 0 Å². The maximum Gasteiger partial charge on any atom is 0.238 e. The fourth-order valence-electron chi connectivity index (χ4n) is 2.89. The van der Waals surface area contributed by atoms with Crippen LogP contribution in [0.5, 0.6) is 0 Å². The van der Waals surface area contributed by atoms with E-state index in [0.29, 0.717) is 12.5 Å². The number of carbonyl (C=O) groups excluding carboxylic acids is 1. The topological polar surface area (TPSA) is 32.3 Å². The van der Waals surface area contributed by atoms with Crippen molar-refractivity contribution < 1.29 is 4.79 Å². The highest BCUT2D eigenvalue weighted by molar-refractivity contribution is 5.92. The van der Waals surface area contributed by atoms with Crippen LogP contribution in [0.1, 0.15) is 46.1 Å². The zero-order chi connectivity index (χ0) is 15.5. The summed E-state index contributed by atoms with van der Waals surface area (Å²) >= 11 is 0. The number of carbonyl (C=O) groups is 1. The van der Waals surface area contributed by atoms with E-state index in [2.05, 4.69) is 50.0 Å². The van der Waals surface area contributed by atoms with E-state index in [1.165, 1.54) is 18.4 Å². The van der Waals surface area contributed by atoms with Crippen LogP contribution in [0.3, 0.4) is 0 Å².